The number of benzene rings is 7. The molecule has 0 bridgehead atoms. The van der Waals surface area contributed by atoms with Crippen LogP contribution in [0.1, 0.15) is 79.0 Å². The van der Waals surface area contributed by atoms with Crippen molar-refractivity contribution in [1.82, 2.24) is 35.1 Å². The van der Waals surface area contributed by atoms with Gasteiger partial charge in [-0.15, -0.1) is 0 Å². The molecule has 0 spiro atoms. The topological polar surface area (TPSA) is 369 Å². The van der Waals surface area contributed by atoms with Gasteiger partial charge in [0.05, 0.1) is 38.5 Å². The minimum atomic E-state index is -4.40. The molecule has 102 heavy (non-hydrogen) atoms. The molecule has 0 fully saturated rings. The van der Waals surface area contributed by atoms with Crippen LogP contribution in [0.3, 0.4) is 0 Å². The van der Waals surface area contributed by atoms with Crippen LogP contribution < -0.4 is 63.3 Å². The van der Waals surface area contributed by atoms with Gasteiger partial charge in [0, 0.05) is 28.9 Å². The maximum Gasteiger partial charge on any atom is 0.329 e. The zero-order chi connectivity index (χ0) is 75.0. The Morgan fingerprint density at radius 2 is 0.814 bits per heavy atom. The van der Waals surface area contributed by atoms with Crippen molar-refractivity contribution in [3.63, 3.8) is 0 Å². The van der Waals surface area contributed by atoms with Gasteiger partial charge < -0.3 is 49.6 Å². The van der Waals surface area contributed by atoms with Crippen molar-refractivity contribution in [3.8, 4) is 97.4 Å². The highest BCUT2D eigenvalue weighted by molar-refractivity contribution is 7.90. The quantitative estimate of drug-likeness (QED) is 0.0343. The second-order valence-corrected chi connectivity index (χ2v) is 30.4. The average molecular weight is 1450 g/mol. The van der Waals surface area contributed by atoms with E-state index in [1.165, 1.54) is 24.4 Å². The van der Waals surface area contributed by atoms with E-state index in [9.17, 15) is 55.4 Å². The van der Waals surface area contributed by atoms with Crippen LogP contribution in [0.4, 0.5) is 14.4 Å². The zero-order valence-electron chi connectivity index (χ0n) is 57.9. The Morgan fingerprint density at radius 1 is 0.441 bits per heavy atom. The molecule has 0 aliphatic carbocycles. The molecular formula is C73H76N10O16S3. The molecule has 9 aromatic rings. The van der Waals surface area contributed by atoms with Crippen molar-refractivity contribution >= 4 is 48.2 Å². The van der Waals surface area contributed by atoms with E-state index < -0.39 is 74.6 Å². The molecule has 9 rings (SSSR count). The molecule has 0 aliphatic rings. The first-order valence-corrected chi connectivity index (χ1v) is 35.3. The molecule has 0 atom stereocenters. The molecule has 2 heterocycles. The number of pyridine rings is 2. The van der Waals surface area contributed by atoms with Crippen LogP contribution in [0, 0.1) is 34.8 Å². The molecule has 0 radical (unpaired) electrons. The second kappa shape index (κ2) is 32.8. The third-order valence-corrected chi connectivity index (χ3v) is 17.7. The first-order chi connectivity index (χ1) is 47.9. The molecule has 26 nitrogen and oxygen atoms in total. The lowest BCUT2D eigenvalue weighted by atomic mass is 10.1. The Morgan fingerprint density at radius 3 is 1.19 bits per heavy atom. The number of nitrogens with zero attached hydrogens (tertiary/aromatic N) is 4. The number of rotatable bonds is 18. The molecule has 7 aromatic carbocycles. The molecule has 29 heteroatoms. The Balaban J connectivity index is 0.000000215. The van der Waals surface area contributed by atoms with E-state index in [4.69, 9.17) is 28.4 Å². The van der Waals surface area contributed by atoms with Crippen LogP contribution in [0.5, 0.6) is 51.9 Å². The molecule has 6 N–H and O–H groups in total. The Kier molecular flexibility index (Phi) is 24.9. The highest BCUT2D eigenvalue weighted by Gasteiger charge is 2.30. The monoisotopic (exact) mass is 1440 g/mol. The number of carbonyl (C=O) groups excluding carboxylic acids is 3. The number of amides is 6. The maximum absolute atomic E-state index is 13.1. The molecule has 0 saturated heterocycles. The van der Waals surface area contributed by atoms with Gasteiger partial charge in [-0.1, -0.05) is 72.8 Å². The summed E-state index contributed by atoms with van der Waals surface area (Å²) >= 11 is 0. The van der Waals surface area contributed by atoms with Crippen LogP contribution in [-0.4, -0.2) is 86.3 Å². The number of nitrogens with one attached hydrogen (secondary N) is 6. The van der Waals surface area contributed by atoms with Gasteiger partial charge in [0.2, 0.25) is 12.1 Å². The van der Waals surface area contributed by atoms with E-state index in [0.29, 0.717) is 27.5 Å². The van der Waals surface area contributed by atoms with Gasteiger partial charge in [0.25, 0.3) is 30.1 Å². The van der Waals surface area contributed by atoms with Crippen molar-refractivity contribution in [2.75, 3.05) is 21.3 Å². The van der Waals surface area contributed by atoms with Crippen molar-refractivity contribution in [3.05, 3.63) is 210 Å². The first-order valence-electron chi connectivity index (χ1n) is 30.9. The van der Waals surface area contributed by atoms with Gasteiger partial charge in [-0.25, -0.2) is 58.8 Å². The fourth-order valence-corrected chi connectivity index (χ4v) is 12.2. The lowest BCUT2D eigenvalue weighted by Gasteiger charge is -2.21. The molecule has 0 saturated carbocycles. The van der Waals surface area contributed by atoms with E-state index in [1.54, 1.807) is 145 Å². The van der Waals surface area contributed by atoms with Gasteiger partial charge in [-0.3, -0.25) is 0 Å². The van der Waals surface area contributed by atoms with Crippen LogP contribution in [0.25, 0.3) is 33.4 Å². The summed E-state index contributed by atoms with van der Waals surface area (Å²) in [4.78, 5) is 39.3. The largest absolute Gasteiger partial charge is 0.619 e. The Hall–Kier alpha value is -11.9. The van der Waals surface area contributed by atoms with Crippen molar-refractivity contribution in [1.29, 1.82) is 10.5 Å². The van der Waals surface area contributed by atoms with E-state index in [1.807, 2.05) is 117 Å². The fourth-order valence-electron chi connectivity index (χ4n) is 9.13. The summed E-state index contributed by atoms with van der Waals surface area (Å²) in [5.74, 6) is 2.83. The number of methoxy groups -OCH3 is 3. The van der Waals surface area contributed by atoms with Crippen molar-refractivity contribution < 1.29 is 72.8 Å². The lowest BCUT2D eigenvalue weighted by Crippen LogP contribution is -2.48. The summed E-state index contributed by atoms with van der Waals surface area (Å²) in [5, 5.41) is 38.0. The predicted molar refractivity (Wildman–Crippen MR) is 382 cm³/mol. The zero-order valence-corrected chi connectivity index (χ0v) is 60.4. The Bertz CT molecular complexity index is 4970. The number of urea groups is 3. The third-order valence-electron chi connectivity index (χ3n) is 13.7. The van der Waals surface area contributed by atoms with Crippen molar-refractivity contribution in [2.45, 2.75) is 101 Å². The van der Waals surface area contributed by atoms with Gasteiger partial charge in [0.15, 0.2) is 21.7 Å². The third kappa shape index (κ3) is 22.6. The highest BCUT2D eigenvalue weighted by Crippen LogP contribution is 2.36. The molecule has 0 aliphatic heterocycles. The molecule has 0 unspecified atom stereocenters. The number of ether oxygens (including phenoxy) is 6. The van der Waals surface area contributed by atoms with E-state index >= 15 is 0 Å². The second-order valence-electron chi connectivity index (χ2n) is 25.4. The minimum absolute atomic E-state index is 0.00376. The van der Waals surface area contributed by atoms with E-state index in [0.717, 1.165) is 69.1 Å². The summed E-state index contributed by atoms with van der Waals surface area (Å²) in [6.07, 6.45) is 3.13. The van der Waals surface area contributed by atoms with Gasteiger partial charge >= 0.3 is 18.1 Å². The first kappa shape index (κ1) is 77.4. The number of hydrogen-bond acceptors (Lipinski definition) is 19. The summed E-state index contributed by atoms with van der Waals surface area (Å²) in [6, 6.07) is 49.5. The number of hydrogen-bond donors (Lipinski definition) is 6. The minimum Gasteiger partial charge on any atom is -0.619 e. The molecular weight excluding hydrogens is 1370 g/mol. The van der Waals surface area contributed by atoms with Gasteiger partial charge in [0.1, 0.15) is 51.2 Å². The van der Waals surface area contributed by atoms with Gasteiger partial charge in [-0.2, -0.15) is 15.3 Å². The summed E-state index contributed by atoms with van der Waals surface area (Å²) in [5.41, 5.74) is 3.94. The number of aromatic nitrogens is 2. The van der Waals surface area contributed by atoms with E-state index in [-0.39, 0.29) is 33.4 Å². The molecule has 6 amide bonds. The normalized spacial score (nSPS) is 11.4. The summed E-state index contributed by atoms with van der Waals surface area (Å²) in [7, 11) is -8.39. The predicted octanol–water partition coefficient (Wildman–Crippen LogP) is 12.9. The smallest absolute Gasteiger partial charge is 0.329 e. The van der Waals surface area contributed by atoms with Crippen LogP contribution in [0.15, 0.2) is 203 Å². The lowest BCUT2D eigenvalue weighted by molar-refractivity contribution is -0.607. The number of carbonyl (C=O) groups is 3. The molecule has 532 valence electrons. The average Bonchev–Trinajstić information content (AvgIpc) is 0.804. The highest BCUT2D eigenvalue weighted by atomic mass is 32.2. The van der Waals surface area contributed by atoms with Crippen LogP contribution in [-0.2, 0) is 30.1 Å². The van der Waals surface area contributed by atoms with Crippen LogP contribution >= 0.6 is 0 Å². The van der Waals surface area contributed by atoms with E-state index in [2.05, 4.69) is 20.9 Å². The number of sulfonamides is 3. The van der Waals surface area contributed by atoms with Crippen LogP contribution in [0.2, 0.25) is 0 Å². The summed E-state index contributed by atoms with van der Waals surface area (Å²) < 4.78 is 117. The van der Waals surface area contributed by atoms with Gasteiger partial charge in [-0.05, 0) is 199 Å². The maximum atomic E-state index is 13.1. The Labute approximate surface area is 592 Å². The summed E-state index contributed by atoms with van der Waals surface area (Å²) in [6.45, 7) is 17.1. The SMILES string of the molecule is COc1ccc(-c2cccc(Oc3cc(C)c(C#N)cc3S(=O)(=O)NC(=O)NC(C)(C)C)c2)cc1.COc1ccc(-c2cccc(Oc3cc[n+]([O-])cc3S(=O)(=O)NC(=O)NC(C)(C)C)c2)cc1.COc1ccc(-c2cccc(Oc3ncc(C#N)cc3S(=O)(=O)NC(=O)NC(C)(C)C)c2)cc1. The fraction of sp³-hybridized carbons (Fsp3) is 0.219. The molecule has 2 aromatic heterocycles. The number of nitriles is 2. The number of aryl methyl sites for hydroxylation is 1. The standard InChI is InChI=1S/C26H27N3O5S.C24H24N4O5S.C23H25N3O6S/c1-17-13-23(24(15-20(17)16-27)35(31,32)29-25(30)28-26(2,3)4)34-22-8-6-7-19(14-22)18-9-11-21(33-5)12-10-18;1-24(2,3)27-23(29)28-34(30,31)21-12-16(14-25)15-26-22(21)33-20-7-5-6-18(13-20)17-8-10-19(32-4)11-9-17;1-23(2,3)24-22(27)25-33(29,30)21-15-26(28)13-12-20(21)32-19-7-5-6-17(14-19)16-8-10-18(31-4)11-9-16/h6-15H,1-5H3,(H2,28,29,30);5-13,15H,1-4H3,(H2,27,28,29);5-15H,1-4H3,(H2,24,25,27). The van der Waals surface area contributed by atoms with Crippen molar-refractivity contribution in [2.24, 2.45) is 0 Å².